The highest BCUT2D eigenvalue weighted by Crippen LogP contribution is 2.22. The standard InChI is InChI=1S/C20H20N4O/c1-3-7-17(8-4-1)20-18(15-21-23-11-13-25-14-12-23)16-24(22-20)19-9-5-2-6-10-19/h1-10,15-16H,11-14H2. The number of para-hydroxylation sites is 1. The Balaban J connectivity index is 1.70. The fraction of sp³-hybridized carbons (Fsp3) is 0.200. The van der Waals surface area contributed by atoms with Crippen LogP contribution in [-0.4, -0.2) is 47.3 Å². The van der Waals surface area contributed by atoms with Crippen LogP contribution in [0.1, 0.15) is 5.56 Å². The van der Waals surface area contributed by atoms with Crippen molar-refractivity contribution in [2.75, 3.05) is 26.3 Å². The molecule has 0 radical (unpaired) electrons. The topological polar surface area (TPSA) is 42.6 Å². The van der Waals surface area contributed by atoms with Gasteiger partial charge in [0.1, 0.15) is 5.69 Å². The zero-order valence-electron chi connectivity index (χ0n) is 14.0. The van der Waals surface area contributed by atoms with Crippen molar-refractivity contribution < 1.29 is 4.74 Å². The molecule has 0 amide bonds. The van der Waals surface area contributed by atoms with Crippen molar-refractivity contribution in [3.8, 4) is 16.9 Å². The second-order valence-electron chi connectivity index (χ2n) is 5.89. The molecule has 0 unspecified atom stereocenters. The molecule has 5 nitrogen and oxygen atoms in total. The van der Waals surface area contributed by atoms with Gasteiger partial charge in [-0.05, 0) is 12.1 Å². The lowest BCUT2D eigenvalue weighted by molar-refractivity contribution is 0.0397. The Morgan fingerprint density at radius 1 is 0.920 bits per heavy atom. The van der Waals surface area contributed by atoms with Crippen molar-refractivity contribution in [2.24, 2.45) is 5.10 Å². The van der Waals surface area contributed by atoms with E-state index in [-0.39, 0.29) is 0 Å². The molecule has 126 valence electrons. The average molecular weight is 332 g/mol. The molecule has 1 fully saturated rings. The smallest absolute Gasteiger partial charge is 0.102 e. The summed E-state index contributed by atoms with van der Waals surface area (Å²) in [5.74, 6) is 0. The molecule has 1 saturated heterocycles. The molecule has 5 heteroatoms. The predicted molar refractivity (Wildman–Crippen MR) is 99.0 cm³/mol. The van der Waals surface area contributed by atoms with Crippen LogP contribution in [0, 0.1) is 0 Å². The normalized spacial score (nSPS) is 15.0. The summed E-state index contributed by atoms with van der Waals surface area (Å²) in [5.41, 5.74) is 4.05. The summed E-state index contributed by atoms with van der Waals surface area (Å²) in [6.45, 7) is 3.10. The summed E-state index contributed by atoms with van der Waals surface area (Å²) < 4.78 is 7.28. The van der Waals surface area contributed by atoms with Crippen molar-refractivity contribution in [1.82, 2.24) is 14.8 Å². The van der Waals surface area contributed by atoms with Gasteiger partial charge in [0.2, 0.25) is 0 Å². The summed E-state index contributed by atoms with van der Waals surface area (Å²) in [5, 5.41) is 11.5. The van der Waals surface area contributed by atoms with Crippen molar-refractivity contribution >= 4 is 6.21 Å². The van der Waals surface area contributed by atoms with Crippen molar-refractivity contribution in [2.45, 2.75) is 0 Å². The molecule has 0 bridgehead atoms. The monoisotopic (exact) mass is 332 g/mol. The fourth-order valence-electron chi connectivity index (χ4n) is 2.83. The van der Waals surface area contributed by atoms with Crippen molar-refractivity contribution in [1.29, 1.82) is 0 Å². The maximum absolute atomic E-state index is 5.37. The van der Waals surface area contributed by atoms with E-state index < -0.39 is 0 Å². The summed E-state index contributed by atoms with van der Waals surface area (Å²) >= 11 is 0. The van der Waals surface area contributed by atoms with Gasteiger partial charge in [0, 0.05) is 17.3 Å². The summed E-state index contributed by atoms with van der Waals surface area (Å²) in [7, 11) is 0. The third-order valence-corrected chi connectivity index (χ3v) is 4.16. The van der Waals surface area contributed by atoms with E-state index in [2.05, 4.69) is 17.2 Å². The molecular weight excluding hydrogens is 312 g/mol. The average Bonchev–Trinajstić information content (AvgIpc) is 3.13. The first-order valence-electron chi connectivity index (χ1n) is 8.47. The van der Waals surface area contributed by atoms with Gasteiger partial charge in [-0.25, -0.2) is 4.68 Å². The third kappa shape index (κ3) is 3.61. The minimum Gasteiger partial charge on any atom is -0.378 e. The lowest BCUT2D eigenvalue weighted by atomic mass is 10.1. The van der Waals surface area contributed by atoms with Gasteiger partial charge < -0.3 is 4.74 Å². The Morgan fingerprint density at radius 2 is 1.60 bits per heavy atom. The number of aromatic nitrogens is 2. The molecule has 25 heavy (non-hydrogen) atoms. The van der Waals surface area contributed by atoms with Gasteiger partial charge in [-0.3, -0.25) is 5.01 Å². The van der Waals surface area contributed by atoms with Crippen LogP contribution >= 0.6 is 0 Å². The van der Waals surface area contributed by atoms with E-state index in [0.29, 0.717) is 0 Å². The number of ether oxygens (including phenoxy) is 1. The summed E-state index contributed by atoms with van der Waals surface area (Å²) in [6.07, 6.45) is 3.93. The highest BCUT2D eigenvalue weighted by Gasteiger charge is 2.12. The fourth-order valence-corrected chi connectivity index (χ4v) is 2.83. The van der Waals surface area contributed by atoms with Gasteiger partial charge in [0.25, 0.3) is 0 Å². The number of hydrazone groups is 1. The quantitative estimate of drug-likeness (QED) is 0.689. The minimum absolute atomic E-state index is 0.728. The van der Waals surface area contributed by atoms with E-state index in [9.17, 15) is 0 Å². The second kappa shape index (κ2) is 7.32. The third-order valence-electron chi connectivity index (χ3n) is 4.16. The zero-order chi connectivity index (χ0) is 16.9. The molecule has 1 aliphatic heterocycles. The number of rotatable bonds is 4. The van der Waals surface area contributed by atoms with Crippen molar-refractivity contribution in [3.63, 3.8) is 0 Å². The van der Waals surface area contributed by atoms with E-state index in [0.717, 1.165) is 48.8 Å². The largest absolute Gasteiger partial charge is 0.378 e. The first kappa shape index (κ1) is 15.6. The van der Waals surface area contributed by atoms with Gasteiger partial charge in [0.05, 0.1) is 38.2 Å². The number of nitrogens with zero attached hydrogens (tertiary/aromatic N) is 4. The van der Waals surface area contributed by atoms with Crippen LogP contribution in [0.4, 0.5) is 0 Å². The highest BCUT2D eigenvalue weighted by molar-refractivity contribution is 5.88. The maximum Gasteiger partial charge on any atom is 0.102 e. The molecule has 0 aliphatic carbocycles. The Bertz CT molecular complexity index is 837. The molecule has 0 saturated carbocycles. The first-order chi connectivity index (χ1) is 12.4. The lowest BCUT2D eigenvalue weighted by Gasteiger charge is -2.23. The van der Waals surface area contributed by atoms with Gasteiger partial charge in [-0.1, -0.05) is 48.5 Å². The zero-order valence-corrected chi connectivity index (χ0v) is 14.0. The van der Waals surface area contributed by atoms with E-state index in [4.69, 9.17) is 9.84 Å². The predicted octanol–water partition coefficient (Wildman–Crippen LogP) is 3.21. The number of hydrogen-bond acceptors (Lipinski definition) is 4. The summed E-state index contributed by atoms with van der Waals surface area (Å²) in [6, 6.07) is 20.3. The SMILES string of the molecule is C(=NN1CCOCC1)c1cn(-c2ccccc2)nc1-c1ccccc1. The van der Waals surface area contributed by atoms with E-state index in [1.165, 1.54) is 0 Å². The highest BCUT2D eigenvalue weighted by atomic mass is 16.5. The molecule has 0 atom stereocenters. The Hall–Kier alpha value is -2.92. The maximum atomic E-state index is 5.37. The van der Waals surface area contributed by atoms with Crippen LogP contribution in [0.2, 0.25) is 0 Å². The molecule has 1 aliphatic rings. The minimum atomic E-state index is 0.728. The Morgan fingerprint density at radius 3 is 2.32 bits per heavy atom. The second-order valence-corrected chi connectivity index (χ2v) is 5.89. The molecule has 0 N–H and O–H groups in total. The van der Waals surface area contributed by atoms with Gasteiger partial charge in [-0.15, -0.1) is 0 Å². The van der Waals surface area contributed by atoms with Gasteiger partial charge in [-0.2, -0.15) is 10.2 Å². The number of benzene rings is 2. The van der Waals surface area contributed by atoms with E-state index in [1.54, 1.807) is 0 Å². The summed E-state index contributed by atoms with van der Waals surface area (Å²) in [4.78, 5) is 0. The van der Waals surface area contributed by atoms with Crippen LogP contribution < -0.4 is 0 Å². The van der Waals surface area contributed by atoms with Crippen LogP contribution in [-0.2, 0) is 4.74 Å². The molecule has 2 aromatic carbocycles. The Labute approximate surface area is 147 Å². The molecule has 0 spiro atoms. The molecule has 1 aromatic heterocycles. The van der Waals surface area contributed by atoms with E-state index >= 15 is 0 Å². The van der Waals surface area contributed by atoms with Crippen LogP contribution in [0.3, 0.4) is 0 Å². The molecule has 2 heterocycles. The van der Waals surface area contributed by atoms with Gasteiger partial charge in [0.15, 0.2) is 0 Å². The molecule has 4 rings (SSSR count). The number of morpholine rings is 1. The van der Waals surface area contributed by atoms with Gasteiger partial charge >= 0.3 is 0 Å². The lowest BCUT2D eigenvalue weighted by Crippen LogP contribution is -2.32. The first-order valence-corrected chi connectivity index (χ1v) is 8.47. The van der Waals surface area contributed by atoms with Crippen LogP contribution in [0.25, 0.3) is 16.9 Å². The van der Waals surface area contributed by atoms with Crippen LogP contribution in [0.5, 0.6) is 0 Å². The van der Waals surface area contributed by atoms with Crippen LogP contribution in [0.15, 0.2) is 72.0 Å². The number of hydrogen-bond donors (Lipinski definition) is 0. The van der Waals surface area contributed by atoms with E-state index in [1.807, 2.05) is 70.6 Å². The molecular formula is C20H20N4O. The Kier molecular flexibility index (Phi) is 4.57. The molecule has 3 aromatic rings. The van der Waals surface area contributed by atoms with Crippen molar-refractivity contribution in [3.05, 3.63) is 72.4 Å².